The molecule has 4 heteroatoms. The monoisotopic (exact) mass is 323 g/mol. The Morgan fingerprint density at radius 2 is 1.87 bits per heavy atom. The van der Waals surface area contributed by atoms with Crippen molar-refractivity contribution >= 4 is 5.96 Å². The summed E-state index contributed by atoms with van der Waals surface area (Å²) in [5.41, 5.74) is 0.771. The largest absolute Gasteiger partial charge is 0.385 e. The summed E-state index contributed by atoms with van der Waals surface area (Å²) in [6.45, 7) is 7.68. The molecule has 2 aliphatic carbocycles. The summed E-state index contributed by atoms with van der Waals surface area (Å²) >= 11 is 0. The molecule has 0 radical (unpaired) electrons. The lowest BCUT2D eigenvalue weighted by molar-refractivity contribution is 0.0732. The Morgan fingerprint density at radius 3 is 2.39 bits per heavy atom. The number of aliphatic imine (C=N–C) groups is 1. The van der Waals surface area contributed by atoms with E-state index in [1.807, 2.05) is 7.05 Å². The van der Waals surface area contributed by atoms with Crippen molar-refractivity contribution in [3.05, 3.63) is 0 Å². The van der Waals surface area contributed by atoms with Gasteiger partial charge in [-0.3, -0.25) is 4.99 Å². The van der Waals surface area contributed by atoms with Gasteiger partial charge in [-0.15, -0.1) is 0 Å². The van der Waals surface area contributed by atoms with E-state index in [0.717, 1.165) is 38.0 Å². The van der Waals surface area contributed by atoms with E-state index in [9.17, 15) is 0 Å². The molecule has 2 fully saturated rings. The third-order valence-electron chi connectivity index (χ3n) is 6.28. The molecule has 4 nitrogen and oxygen atoms in total. The predicted octanol–water partition coefficient (Wildman–Crippen LogP) is 3.57. The maximum Gasteiger partial charge on any atom is 0.191 e. The molecule has 134 valence electrons. The molecule has 0 aromatic heterocycles. The summed E-state index contributed by atoms with van der Waals surface area (Å²) in [6, 6.07) is 0. The van der Waals surface area contributed by atoms with E-state index in [2.05, 4.69) is 29.5 Å². The summed E-state index contributed by atoms with van der Waals surface area (Å²) in [5, 5.41) is 7.14. The lowest BCUT2D eigenvalue weighted by Crippen LogP contribution is -2.49. The quantitative estimate of drug-likeness (QED) is 0.530. The number of nitrogens with one attached hydrogen (secondary N) is 2. The van der Waals surface area contributed by atoms with Crippen LogP contribution in [-0.2, 0) is 4.74 Å². The topological polar surface area (TPSA) is 45.7 Å². The van der Waals surface area contributed by atoms with Crippen molar-refractivity contribution < 1.29 is 4.74 Å². The van der Waals surface area contributed by atoms with E-state index in [1.54, 1.807) is 7.11 Å². The Morgan fingerprint density at radius 1 is 1.17 bits per heavy atom. The van der Waals surface area contributed by atoms with Gasteiger partial charge in [0.05, 0.1) is 0 Å². The molecule has 0 aliphatic heterocycles. The molecule has 0 aromatic rings. The lowest BCUT2D eigenvalue weighted by atomic mass is 9.67. The molecule has 0 amide bonds. The summed E-state index contributed by atoms with van der Waals surface area (Å²) in [4.78, 5) is 4.42. The number of nitrogens with zero attached hydrogens (tertiary/aromatic N) is 1. The summed E-state index contributed by atoms with van der Waals surface area (Å²) in [6.07, 6.45) is 10.7. The minimum atomic E-state index is 0.346. The summed E-state index contributed by atoms with van der Waals surface area (Å²) in [5.74, 6) is 1.81. The number of hydrogen-bond acceptors (Lipinski definition) is 2. The van der Waals surface area contributed by atoms with Gasteiger partial charge in [-0.25, -0.2) is 0 Å². The highest BCUT2D eigenvalue weighted by Gasteiger charge is 2.36. The van der Waals surface area contributed by atoms with Crippen molar-refractivity contribution in [3.8, 4) is 0 Å². The van der Waals surface area contributed by atoms with Crippen LogP contribution < -0.4 is 10.6 Å². The fourth-order valence-corrected chi connectivity index (χ4v) is 4.17. The maximum absolute atomic E-state index is 5.28. The molecule has 2 rings (SSSR count). The number of ether oxygens (including phenoxy) is 1. The fourth-order valence-electron chi connectivity index (χ4n) is 4.17. The predicted molar refractivity (Wildman–Crippen MR) is 97.9 cm³/mol. The molecule has 0 spiro atoms. The Kier molecular flexibility index (Phi) is 6.75. The van der Waals surface area contributed by atoms with Gasteiger partial charge in [-0.2, -0.15) is 0 Å². The number of hydrogen-bond donors (Lipinski definition) is 2. The van der Waals surface area contributed by atoms with E-state index >= 15 is 0 Å². The second kappa shape index (κ2) is 8.36. The molecular weight excluding hydrogens is 286 g/mol. The normalized spacial score (nSPS) is 22.0. The first-order valence-corrected chi connectivity index (χ1v) is 9.45. The lowest BCUT2D eigenvalue weighted by Gasteiger charge is -2.42. The van der Waals surface area contributed by atoms with Gasteiger partial charge in [0.25, 0.3) is 0 Å². The Balaban J connectivity index is 1.76. The standard InChI is InChI=1S/C19H37N3O/c1-18(2,16-8-5-6-9-16)14-21-17(20-3)22-15-19(10-7-11-19)12-13-23-4/h16H,5-15H2,1-4H3,(H2,20,21,22). The van der Waals surface area contributed by atoms with Crippen LogP contribution in [0.5, 0.6) is 0 Å². The zero-order valence-corrected chi connectivity index (χ0v) is 15.7. The molecule has 2 aliphatic rings. The Hall–Kier alpha value is -0.770. The van der Waals surface area contributed by atoms with E-state index < -0.39 is 0 Å². The average molecular weight is 324 g/mol. The SMILES string of the molecule is CN=C(NCC1(CCOC)CCC1)NCC(C)(C)C1CCCC1. The van der Waals surface area contributed by atoms with Crippen LogP contribution in [0.15, 0.2) is 4.99 Å². The van der Waals surface area contributed by atoms with E-state index in [0.29, 0.717) is 10.8 Å². The van der Waals surface area contributed by atoms with Gasteiger partial charge in [0, 0.05) is 33.9 Å². The zero-order chi connectivity index (χ0) is 16.8. The fraction of sp³-hybridized carbons (Fsp3) is 0.947. The van der Waals surface area contributed by atoms with Gasteiger partial charge in [-0.05, 0) is 48.9 Å². The van der Waals surface area contributed by atoms with Crippen LogP contribution in [0.4, 0.5) is 0 Å². The van der Waals surface area contributed by atoms with Gasteiger partial charge in [-0.1, -0.05) is 33.1 Å². The van der Waals surface area contributed by atoms with Crippen molar-refractivity contribution in [2.45, 2.75) is 65.2 Å². The molecule has 0 atom stereocenters. The molecule has 2 N–H and O–H groups in total. The first-order valence-electron chi connectivity index (χ1n) is 9.45. The number of methoxy groups -OCH3 is 1. The van der Waals surface area contributed by atoms with E-state index in [-0.39, 0.29) is 0 Å². The highest BCUT2D eigenvalue weighted by molar-refractivity contribution is 5.79. The van der Waals surface area contributed by atoms with Crippen LogP contribution in [-0.4, -0.2) is 39.8 Å². The van der Waals surface area contributed by atoms with Crippen LogP contribution in [0.25, 0.3) is 0 Å². The first-order chi connectivity index (χ1) is 11.0. The minimum Gasteiger partial charge on any atom is -0.385 e. The second-order valence-corrected chi connectivity index (χ2v) is 8.35. The molecule has 0 unspecified atom stereocenters. The van der Waals surface area contributed by atoms with Gasteiger partial charge in [0.2, 0.25) is 0 Å². The Labute approximate surface area is 142 Å². The molecule has 2 saturated carbocycles. The van der Waals surface area contributed by atoms with Crippen LogP contribution in [0, 0.1) is 16.7 Å². The van der Waals surface area contributed by atoms with Gasteiger partial charge in [0.15, 0.2) is 5.96 Å². The smallest absolute Gasteiger partial charge is 0.191 e. The van der Waals surface area contributed by atoms with Gasteiger partial charge >= 0.3 is 0 Å². The molecule has 0 aromatic carbocycles. The van der Waals surface area contributed by atoms with E-state index in [1.165, 1.54) is 44.9 Å². The van der Waals surface area contributed by atoms with Crippen molar-refractivity contribution in [3.63, 3.8) is 0 Å². The maximum atomic E-state index is 5.28. The minimum absolute atomic E-state index is 0.346. The second-order valence-electron chi connectivity index (χ2n) is 8.35. The highest BCUT2D eigenvalue weighted by Crippen LogP contribution is 2.43. The summed E-state index contributed by atoms with van der Waals surface area (Å²) < 4.78 is 5.28. The van der Waals surface area contributed by atoms with Crippen molar-refractivity contribution in [2.75, 3.05) is 33.9 Å². The zero-order valence-electron chi connectivity index (χ0n) is 15.7. The van der Waals surface area contributed by atoms with Crippen molar-refractivity contribution in [1.82, 2.24) is 10.6 Å². The third kappa shape index (κ3) is 5.10. The summed E-state index contributed by atoms with van der Waals surface area (Å²) in [7, 11) is 3.67. The first kappa shape index (κ1) is 18.6. The van der Waals surface area contributed by atoms with Crippen LogP contribution in [0.1, 0.15) is 65.2 Å². The van der Waals surface area contributed by atoms with Crippen molar-refractivity contribution in [1.29, 1.82) is 0 Å². The van der Waals surface area contributed by atoms with Gasteiger partial charge in [0.1, 0.15) is 0 Å². The van der Waals surface area contributed by atoms with E-state index in [4.69, 9.17) is 4.74 Å². The van der Waals surface area contributed by atoms with Crippen molar-refractivity contribution in [2.24, 2.45) is 21.7 Å². The van der Waals surface area contributed by atoms with Crippen LogP contribution in [0.2, 0.25) is 0 Å². The highest BCUT2D eigenvalue weighted by atomic mass is 16.5. The number of rotatable bonds is 8. The number of guanidine groups is 1. The third-order valence-corrected chi connectivity index (χ3v) is 6.28. The molecule has 0 bridgehead atoms. The van der Waals surface area contributed by atoms with Crippen LogP contribution in [0.3, 0.4) is 0 Å². The van der Waals surface area contributed by atoms with Crippen LogP contribution >= 0.6 is 0 Å². The molecular formula is C19H37N3O. The molecule has 0 heterocycles. The molecule has 0 saturated heterocycles. The van der Waals surface area contributed by atoms with Gasteiger partial charge < -0.3 is 15.4 Å². The molecule has 23 heavy (non-hydrogen) atoms. The Bertz CT molecular complexity index is 382. The average Bonchev–Trinajstić information content (AvgIpc) is 3.04.